The lowest BCUT2D eigenvalue weighted by atomic mass is 10.2. The number of aromatic nitrogens is 1. The Labute approximate surface area is 166 Å². The molecule has 0 aliphatic heterocycles. The van der Waals surface area contributed by atoms with Crippen LogP contribution in [0.1, 0.15) is 10.4 Å². The van der Waals surface area contributed by atoms with Crippen molar-refractivity contribution in [1.29, 1.82) is 0 Å². The van der Waals surface area contributed by atoms with Gasteiger partial charge in [-0.1, -0.05) is 23.2 Å². The first-order valence-corrected chi connectivity index (χ1v) is 9.15. The number of nitrogens with zero attached hydrogens (tertiary/aromatic N) is 1. The predicted octanol–water partition coefficient (Wildman–Crippen LogP) is 5.45. The summed E-state index contributed by atoms with van der Waals surface area (Å²) in [5, 5.41) is 3.25. The van der Waals surface area contributed by atoms with E-state index < -0.39 is 0 Å². The Morgan fingerprint density at radius 2 is 1.50 bits per heavy atom. The molecule has 0 saturated carbocycles. The van der Waals surface area contributed by atoms with E-state index in [0.29, 0.717) is 5.56 Å². The van der Waals surface area contributed by atoms with Crippen molar-refractivity contribution in [2.24, 2.45) is 0 Å². The van der Waals surface area contributed by atoms with Crippen LogP contribution in [0.2, 0.25) is 10.3 Å². The van der Waals surface area contributed by atoms with E-state index in [1.165, 1.54) is 12.1 Å². The van der Waals surface area contributed by atoms with Crippen molar-refractivity contribution >= 4 is 103 Å². The van der Waals surface area contributed by atoms with E-state index in [2.05, 4.69) is 78.1 Å². The Balaban J connectivity index is 2.32. The van der Waals surface area contributed by atoms with Crippen LogP contribution in [0.25, 0.3) is 0 Å². The molecule has 20 heavy (non-hydrogen) atoms. The molecule has 0 fully saturated rings. The third kappa shape index (κ3) is 4.31. The van der Waals surface area contributed by atoms with Crippen LogP contribution in [0.4, 0.5) is 5.69 Å². The van der Waals surface area contributed by atoms with Gasteiger partial charge in [0.1, 0.15) is 10.3 Å². The molecule has 3 nitrogen and oxygen atoms in total. The Kier molecular flexibility index (Phi) is 6.15. The topological polar surface area (TPSA) is 42.0 Å². The minimum absolute atomic E-state index is 0.189. The van der Waals surface area contributed by atoms with E-state index in [-0.39, 0.29) is 16.2 Å². The molecule has 2 rings (SSSR count). The molecule has 0 radical (unpaired) electrons. The highest BCUT2D eigenvalue weighted by Gasteiger charge is 2.13. The van der Waals surface area contributed by atoms with Gasteiger partial charge < -0.3 is 5.32 Å². The third-order valence-electron chi connectivity index (χ3n) is 2.27. The number of anilines is 1. The lowest BCUT2D eigenvalue weighted by Crippen LogP contribution is -2.14. The molecule has 1 heterocycles. The molecule has 1 aromatic heterocycles. The number of halogens is 5. The van der Waals surface area contributed by atoms with Gasteiger partial charge in [-0.25, -0.2) is 4.98 Å². The summed E-state index contributed by atoms with van der Waals surface area (Å²) < 4.78 is 3.06. The van der Waals surface area contributed by atoms with Gasteiger partial charge in [-0.3, -0.25) is 4.79 Å². The first-order chi connectivity index (χ1) is 9.36. The second-order valence-corrected chi connectivity index (χ2v) is 8.04. The summed E-state index contributed by atoms with van der Waals surface area (Å²) in [6.07, 6.45) is 0. The number of carbonyl (C=O) groups excluding carboxylic acids is 1. The van der Waals surface area contributed by atoms with Crippen molar-refractivity contribution in [2.45, 2.75) is 0 Å². The quantitative estimate of drug-likeness (QED) is 0.349. The summed E-state index contributed by atoms with van der Waals surface area (Å²) in [6, 6.07) is 6.95. The molecule has 0 bridgehead atoms. The predicted molar refractivity (Wildman–Crippen MR) is 107 cm³/mol. The fourth-order valence-corrected chi connectivity index (χ4v) is 5.76. The van der Waals surface area contributed by atoms with E-state index in [1.54, 1.807) is 0 Å². The lowest BCUT2D eigenvalue weighted by molar-refractivity contribution is 0.102. The molecule has 0 spiro atoms. The molecule has 0 aliphatic carbocycles. The molecule has 2 aromatic rings. The van der Waals surface area contributed by atoms with Crippen LogP contribution in [-0.2, 0) is 0 Å². The number of carbonyl (C=O) groups is 1. The van der Waals surface area contributed by atoms with Crippen molar-refractivity contribution in [1.82, 2.24) is 4.98 Å². The van der Waals surface area contributed by atoms with Gasteiger partial charge >= 0.3 is 0 Å². The van der Waals surface area contributed by atoms with Crippen LogP contribution >= 0.6 is 91.0 Å². The number of hydrogen-bond acceptors (Lipinski definition) is 2. The maximum Gasteiger partial charge on any atom is 0.255 e. The van der Waals surface area contributed by atoms with Gasteiger partial charge in [-0.05, 0) is 92.0 Å². The molecular formula is C12H5Cl2I3N2O. The molecular weight excluding hydrogens is 640 g/mol. The average Bonchev–Trinajstić information content (AvgIpc) is 2.32. The van der Waals surface area contributed by atoms with Crippen LogP contribution in [0.5, 0.6) is 0 Å². The zero-order valence-electron chi connectivity index (χ0n) is 9.55. The highest BCUT2D eigenvalue weighted by Crippen LogP contribution is 2.28. The average molecular weight is 645 g/mol. The van der Waals surface area contributed by atoms with Crippen molar-refractivity contribution in [3.63, 3.8) is 0 Å². The first-order valence-electron chi connectivity index (χ1n) is 5.16. The van der Waals surface area contributed by atoms with Gasteiger partial charge in [-0.2, -0.15) is 0 Å². The number of rotatable bonds is 2. The smallest absolute Gasteiger partial charge is 0.255 e. The van der Waals surface area contributed by atoms with Gasteiger partial charge in [-0.15, -0.1) is 0 Å². The molecule has 104 valence electrons. The molecule has 8 heteroatoms. The summed E-state index contributed by atoms with van der Waals surface area (Å²) in [6.45, 7) is 0. The Hall–Kier alpha value is 0.610. The molecule has 1 N–H and O–H groups in total. The van der Waals surface area contributed by atoms with Gasteiger partial charge in [0.25, 0.3) is 5.91 Å². The zero-order chi connectivity index (χ0) is 14.9. The van der Waals surface area contributed by atoms with Gasteiger partial charge in [0, 0.05) is 16.3 Å². The van der Waals surface area contributed by atoms with E-state index >= 15 is 0 Å². The number of pyridine rings is 1. The van der Waals surface area contributed by atoms with Crippen molar-refractivity contribution in [3.8, 4) is 0 Å². The molecule has 0 saturated heterocycles. The van der Waals surface area contributed by atoms with Gasteiger partial charge in [0.05, 0.1) is 5.69 Å². The number of benzene rings is 1. The largest absolute Gasteiger partial charge is 0.320 e. The Morgan fingerprint density at radius 3 is 2.00 bits per heavy atom. The van der Waals surface area contributed by atoms with Crippen LogP contribution in [0.3, 0.4) is 0 Å². The first kappa shape index (κ1) is 17.0. The standard InChI is InChI=1S/C12H5Cl2I3N2O/c13-9-1-5(2-10(14)18-9)12(20)19-11-7(16)3-6(15)4-8(11)17/h1-4H,(H,19,20). The molecule has 0 unspecified atom stereocenters. The Morgan fingerprint density at radius 1 is 1.00 bits per heavy atom. The number of amides is 1. The van der Waals surface area contributed by atoms with Crippen LogP contribution < -0.4 is 5.32 Å². The molecule has 1 amide bonds. The van der Waals surface area contributed by atoms with Crippen LogP contribution in [0, 0.1) is 10.7 Å². The summed E-state index contributed by atoms with van der Waals surface area (Å²) in [5.41, 5.74) is 1.15. The van der Waals surface area contributed by atoms with E-state index in [0.717, 1.165) is 16.4 Å². The summed E-state index contributed by atoms with van der Waals surface area (Å²) >= 11 is 18.2. The number of nitrogens with one attached hydrogen (secondary N) is 1. The maximum absolute atomic E-state index is 12.2. The third-order valence-corrected chi connectivity index (χ3v) is 4.98. The lowest BCUT2D eigenvalue weighted by Gasteiger charge is -2.10. The second-order valence-electron chi connectivity index (χ2n) is 3.70. The molecule has 1 aromatic carbocycles. The van der Waals surface area contributed by atoms with Crippen molar-refractivity contribution in [2.75, 3.05) is 5.32 Å². The van der Waals surface area contributed by atoms with E-state index in [4.69, 9.17) is 23.2 Å². The molecule has 0 aliphatic rings. The van der Waals surface area contributed by atoms with Gasteiger partial charge in [0.2, 0.25) is 0 Å². The molecule has 0 atom stereocenters. The monoisotopic (exact) mass is 644 g/mol. The van der Waals surface area contributed by atoms with Crippen molar-refractivity contribution in [3.05, 3.63) is 50.8 Å². The number of hydrogen-bond donors (Lipinski definition) is 1. The highest BCUT2D eigenvalue weighted by atomic mass is 127. The second kappa shape index (κ2) is 7.25. The normalized spacial score (nSPS) is 10.4. The van der Waals surface area contributed by atoms with Gasteiger partial charge in [0.15, 0.2) is 0 Å². The van der Waals surface area contributed by atoms with Crippen LogP contribution in [-0.4, -0.2) is 10.9 Å². The fourth-order valence-electron chi connectivity index (χ4n) is 1.44. The van der Waals surface area contributed by atoms with Crippen LogP contribution in [0.15, 0.2) is 24.3 Å². The van der Waals surface area contributed by atoms with Crippen molar-refractivity contribution < 1.29 is 4.79 Å². The summed E-state index contributed by atoms with van der Waals surface area (Å²) in [7, 11) is 0. The Bertz CT molecular complexity index is 651. The van der Waals surface area contributed by atoms with E-state index in [9.17, 15) is 4.79 Å². The van der Waals surface area contributed by atoms with E-state index in [1.807, 2.05) is 12.1 Å². The minimum Gasteiger partial charge on any atom is -0.320 e. The minimum atomic E-state index is -0.270. The maximum atomic E-state index is 12.2. The fraction of sp³-hybridized carbons (Fsp3) is 0. The SMILES string of the molecule is O=C(Nc1c(I)cc(I)cc1I)c1cc(Cl)nc(Cl)c1. The summed E-state index contributed by atoms with van der Waals surface area (Å²) in [4.78, 5) is 16.1. The summed E-state index contributed by atoms with van der Waals surface area (Å²) in [5.74, 6) is -0.270. The highest BCUT2D eigenvalue weighted by molar-refractivity contribution is 14.1. The zero-order valence-corrected chi connectivity index (χ0v) is 17.5.